The number of carbonyl (C=O) groups excluding carboxylic acids is 1. The van der Waals surface area contributed by atoms with Crippen molar-refractivity contribution in [3.05, 3.63) is 18.1 Å². The molecule has 1 aromatic rings. The molecule has 6 nitrogen and oxygen atoms in total. The molecule has 0 aliphatic carbocycles. The molecule has 1 N–H and O–H groups in total. The highest BCUT2D eigenvalue weighted by Crippen LogP contribution is 2.07. The van der Waals surface area contributed by atoms with Crippen LogP contribution >= 0.6 is 0 Å². The van der Waals surface area contributed by atoms with Crippen LogP contribution in [0.2, 0.25) is 0 Å². The molecular weight excluding hydrogens is 230 g/mol. The van der Waals surface area contributed by atoms with Gasteiger partial charge in [0.1, 0.15) is 11.5 Å². The molecule has 0 spiro atoms. The predicted octanol–water partition coefficient (Wildman–Crippen LogP) is 0.296. The Labute approximate surface area is 107 Å². The van der Waals surface area contributed by atoms with Gasteiger partial charge < -0.3 is 15.1 Å². The van der Waals surface area contributed by atoms with Crippen LogP contribution in [0.3, 0.4) is 0 Å². The summed E-state index contributed by atoms with van der Waals surface area (Å²) in [4.78, 5) is 24.6. The predicted molar refractivity (Wildman–Crippen MR) is 69.6 cm³/mol. The Kier molecular flexibility index (Phi) is 4.09. The van der Waals surface area contributed by atoms with Gasteiger partial charge in [-0.3, -0.25) is 9.78 Å². The van der Waals surface area contributed by atoms with E-state index in [-0.39, 0.29) is 5.91 Å². The van der Waals surface area contributed by atoms with E-state index in [1.165, 1.54) is 6.20 Å². The van der Waals surface area contributed by atoms with E-state index in [2.05, 4.69) is 27.2 Å². The van der Waals surface area contributed by atoms with Crippen LogP contribution in [0.1, 0.15) is 17.4 Å². The first-order chi connectivity index (χ1) is 8.70. The summed E-state index contributed by atoms with van der Waals surface area (Å²) in [6.07, 6.45) is 3.16. The molecule has 1 aliphatic heterocycles. The number of nitrogens with one attached hydrogen (secondary N) is 1. The third-order valence-corrected chi connectivity index (χ3v) is 3.00. The summed E-state index contributed by atoms with van der Waals surface area (Å²) in [6.45, 7) is 6.07. The van der Waals surface area contributed by atoms with Crippen LogP contribution in [-0.4, -0.2) is 65.4 Å². The summed E-state index contributed by atoms with van der Waals surface area (Å²) in [5.74, 6) is 0.618. The van der Waals surface area contributed by atoms with Crippen molar-refractivity contribution in [2.45, 2.75) is 6.92 Å². The van der Waals surface area contributed by atoms with E-state index in [0.29, 0.717) is 11.5 Å². The van der Waals surface area contributed by atoms with Gasteiger partial charge in [-0.25, -0.2) is 4.98 Å². The maximum absolute atomic E-state index is 12.2. The van der Waals surface area contributed by atoms with Gasteiger partial charge in [-0.05, 0) is 14.0 Å². The first kappa shape index (κ1) is 12.8. The molecule has 18 heavy (non-hydrogen) atoms. The second-order valence-electron chi connectivity index (χ2n) is 4.42. The number of amides is 1. The number of rotatable bonds is 3. The molecule has 0 bridgehead atoms. The standard InChI is InChI=1S/C12H19N5O/c1-3-14-11-9-13-8-10(15-11)12(18)17-6-4-16(2)5-7-17/h8-9H,3-7H2,1-2H3,(H,14,15). The largest absolute Gasteiger partial charge is 0.369 e. The highest BCUT2D eigenvalue weighted by molar-refractivity contribution is 5.92. The summed E-state index contributed by atoms with van der Waals surface area (Å²) in [6, 6.07) is 0. The molecule has 0 saturated carbocycles. The molecule has 1 aromatic heterocycles. The lowest BCUT2D eigenvalue weighted by atomic mass is 10.3. The average molecular weight is 249 g/mol. The Balaban J connectivity index is 2.06. The molecule has 0 unspecified atom stereocenters. The van der Waals surface area contributed by atoms with Gasteiger partial charge >= 0.3 is 0 Å². The topological polar surface area (TPSA) is 61.4 Å². The number of hydrogen-bond donors (Lipinski definition) is 1. The number of aromatic nitrogens is 2. The number of likely N-dealkylation sites (N-methyl/N-ethyl adjacent to an activating group) is 1. The Morgan fingerprint density at radius 3 is 2.72 bits per heavy atom. The normalized spacial score (nSPS) is 16.7. The minimum absolute atomic E-state index is 0.0321. The van der Waals surface area contributed by atoms with Crippen LogP contribution in [0.25, 0.3) is 0 Å². The summed E-state index contributed by atoms with van der Waals surface area (Å²) in [5.41, 5.74) is 0.415. The lowest BCUT2D eigenvalue weighted by molar-refractivity contribution is 0.0658. The van der Waals surface area contributed by atoms with Crippen LogP contribution in [0.4, 0.5) is 5.82 Å². The molecule has 1 saturated heterocycles. The first-order valence-corrected chi connectivity index (χ1v) is 6.24. The molecule has 1 aliphatic rings. The van der Waals surface area contributed by atoms with E-state index in [1.807, 2.05) is 11.8 Å². The SMILES string of the molecule is CCNc1cncc(C(=O)N2CCN(C)CC2)n1. The zero-order chi connectivity index (χ0) is 13.0. The van der Waals surface area contributed by atoms with Crippen LogP contribution in [0.15, 0.2) is 12.4 Å². The number of carbonyl (C=O) groups is 1. The van der Waals surface area contributed by atoms with Crippen molar-refractivity contribution in [1.82, 2.24) is 19.8 Å². The molecule has 0 atom stereocenters. The maximum atomic E-state index is 12.2. The average Bonchev–Trinajstić information content (AvgIpc) is 2.39. The number of hydrogen-bond acceptors (Lipinski definition) is 5. The van der Waals surface area contributed by atoms with Crippen molar-refractivity contribution in [3.63, 3.8) is 0 Å². The molecule has 6 heteroatoms. The van der Waals surface area contributed by atoms with E-state index in [0.717, 1.165) is 32.7 Å². The summed E-state index contributed by atoms with van der Waals surface area (Å²) in [7, 11) is 2.06. The first-order valence-electron chi connectivity index (χ1n) is 6.24. The van der Waals surface area contributed by atoms with Crippen molar-refractivity contribution in [2.75, 3.05) is 45.1 Å². The van der Waals surface area contributed by atoms with Gasteiger partial charge in [-0.1, -0.05) is 0 Å². The molecular formula is C12H19N5O. The van der Waals surface area contributed by atoms with Crippen molar-refractivity contribution in [2.24, 2.45) is 0 Å². The Bertz CT molecular complexity index is 415. The van der Waals surface area contributed by atoms with Gasteiger partial charge in [0, 0.05) is 32.7 Å². The zero-order valence-corrected chi connectivity index (χ0v) is 10.9. The minimum Gasteiger partial charge on any atom is -0.369 e. The molecule has 1 amide bonds. The minimum atomic E-state index is -0.0321. The molecule has 1 fully saturated rings. The van der Waals surface area contributed by atoms with Gasteiger partial charge in [0.05, 0.1) is 12.4 Å². The Hall–Kier alpha value is -1.69. The van der Waals surface area contributed by atoms with Gasteiger partial charge in [-0.2, -0.15) is 0 Å². The quantitative estimate of drug-likeness (QED) is 0.834. The van der Waals surface area contributed by atoms with Crippen LogP contribution in [-0.2, 0) is 0 Å². The van der Waals surface area contributed by atoms with Crippen molar-refractivity contribution < 1.29 is 4.79 Å². The van der Waals surface area contributed by atoms with Gasteiger partial charge in [0.2, 0.25) is 0 Å². The van der Waals surface area contributed by atoms with Crippen molar-refractivity contribution >= 4 is 11.7 Å². The second kappa shape index (κ2) is 5.77. The third-order valence-electron chi connectivity index (χ3n) is 3.00. The second-order valence-corrected chi connectivity index (χ2v) is 4.42. The maximum Gasteiger partial charge on any atom is 0.274 e. The van der Waals surface area contributed by atoms with E-state index < -0.39 is 0 Å². The molecule has 2 rings (SSSR count). The fourth-order valence-corrected chi connectivity index (χ4v) is 1.91. The fraction of sp³-hybridized carbons (Fsp3) is 0.583. The zero-order valence-electron chi connectivity index (χ0n) is 10.9. The number of piperazine rings is 1. The molecule has 98 valence electrons. The van der Waals surface area contributed by atoms with E-state index in [4.69, 9.17) is 0 Å². The van der Waals surface area contributed by atoms with Crippen LogP contribution in [0, 0.1) is 0 Å². The van der Waals surface area contributed by atoms with Crippen molar-refractivity contribution in [3.8, 4) is 0 Å². The molecule has 0 radical (unpaired) electrons. The molecule has 0 aromatic carbocycles. The van der Waals surface area contributed by atoms with Crippen molar-refractivity contribution in [1.29, 1.82) is 0 Å². The Morgan fingerprint density at radius 1 is 1.33 bits per heavy atom. The number of anilines is 1. The lowest BCUT2D eigenvalue weighted by Crippen LogP contribution is -2.47. The number of nitrogens with zero attached hydrogens (tertiary/aromatic N) is 4. The van der Waals surface area contributed by atoms with E-state index in [9.17, 15) is 4.79 Å². The smallest absolute Gasteiger partial charge is 0.274 e. The van der Waals surface area contributed by atoms with Gasteiger partial charge in [0.15, 0.2) is 0 Å². The van der Waals surface area contributed by atoms with E-state index >= 15 is 0 Å². The summed E-state index contributed by atoms with van der Waals surface area (Å²) < 4.78 is 0. The van der Waals surface area contributed by atoms with Gasteiger partial charge in [0.25, 0.3) is 5.91 Å². The summed E-state index contributed by atoms with van der Waals surface area (Å²) in [5, 5.41) is 3.06. The lowest BCUT2D eigenvalue weighted by Gasteiger charge is -2.32. The monoisotopic (exact) mass is 249 g/mol. The third kappa shape index (κ3) is 2.95. The van der Waals surface area contributed by atoms with Crippen LogP contribution < -0.4 is 5.32 Å². The van der Waals surface area contributed by atoms with Gasteiger partial charge in [-0.15, -0.1) is 0 Å². The fourth-order valence-electron chi connectivity index (χ4n) is 1.91. The molecule has 2 heterocycles. The summed E-state index contributed by atoms with van der Waals surface area (Å²) >= 11 is 0. The van der Waals surface area contributed by atoms with E-state index in [1.54, 1.807) is 6.20 Å². The highest BCUT2D eigenvalue weighted by atomic mass is 16.2. The van der Waals surface area contributed by atoms with Crippen LogP contribution in [0.5, 0.6) is 0 Å². The highest BCUT2D eigenvalue weighted by Gasteiger charge is 2.21. The Morgan fingerprint density at radius 2 is 2.06 bits per heavy atom.